The fraction of sp³-hybridized carbons (Fsp3) is 0.455. The molecule has 0 bridgehead atoms. The molecule has 3 aromatic rings. The lowest BCUT2D eigenvalue weighted by Crippen LogP contribution is -2.38. The number of imidazole rings is 1. The number of aliphatic hydroxyl groups is 1. The molecule has 2 aromatic heterocycles. The Morgan fingerprint density at radius 3 is 2.61 bits per heavy atom. The van der Waals surface area contributed by atoms with Gasteiger partial charge in [0.2, 0.25) is 0 Å². The molecule has 0 aliphatic carbocycles. The lowest BCUT2D eigenvalue weighted by Gasteiger charge is -2.30. The average Bonchev–Trinajstić information content (AvgIpc) is 3.29. The van der Waals surface area contributed by atoms with Gasteiger partial charge in [-0.1, -0.05) is 29.8 Å². The van der Waals surface area contributed by atoms with Crippen molar-refractivity contribution in [3.05, 3.63) is 43.0 Å². The van der Waals surface area contributed by atoms with E-state index in [4.69, 9.17) is 47.7 Å². The van der Waals surface area contributed by atoms with E-state index < -0.39 is 49.8 Å². The van der Waals surface area contributed by atoms with Gasteiger partial charge in [-0.25, -0.2) is 24.4 Å². The number of aliphatic hydroxyl groups excluding tert-OH is 1. The highest BCUT2D eigenvalue weighted by molar-refractivity contribution is 8.09. The third-order valence-corrected chi connectivity index (χ3v) is 7.68. The van der Waals surface area contributed by atoms with Crippen molar-refractivity contribution in [3.63, 3.8) is 0 Å². The van der Waals surface area contributed by atoms with Crippen LogP contribution in [0.3, 0.4) is 0 Å². The Labute approximate surface area is 228 Å². The molecule has 2 heterocycles. The normalized spacial score (nSPS) is 16.5. The van der Waals surface area contributed by atoms with Gasteiger partial charge in [-0.2, -0.15) is 0 Å². The van der Waals surface area contributed by atoms with E-state index in [-0.39, 0.29) is 23.1 Å². The summed E-state index contributed by atoms with van der Waals surface area (Å²) in [5.74, 6) is -0.0793. The van der Waals surface area contributed by atoms with E-state index in [0.29, 0.717) is 5.75 Å². The van der Waals surface area contributed by atoms with Gasteiger partial charge >= 0.3 is 12.6 Å². The molecule has 38 heavy (non-hydrogen) atoms. The highest BCUT2D eigenvalue weighted by Crippen LogP contribution is 2.45. The predicted molar refractivity (Wildman–Crippen MR) is 143 cm³/mol. The largest absolute Gasteiger partial charge is 0.462 e. The van der Waals surface area contributed by atoms with E-state index in [1.807, 2.05) is 0 Å². The third kappa shape index (κ3) is 8.03. The molecule has 0 amide bonds. The van der Waals surface area contributed by atoms with E-state index in [1.165, 1.54) is 17.2 Å². The average molecular weight is 591 g/mol. The molecular weight excluding hydrogens is 562 g/mol. The first-order valence-electron chi connectivity index (χ1n) is 11.5. The maximum atomic E-state index is 14.1. The van der Waals surface area contributed by atoms with Crippen LogP contribution in [0.2, 0.25) is 0 Å². The molecule has 208 valence electrons. The number of halogens is 2. The number of aromatic nitrogens is 4. The molecule has 1 aromatic carbocycles. The van der Waals surface area contributed by atoms with E-state index in [9.17, 15) is 14.3 Å². The molecule has 2 unspecified atom stereocenters. The number of anilines is 1. The zero-order chi connectivity index (χ0) is 27.9. The van der Waals surface area contributed by atoms with E-state index in [0.717, 1.165) is 0 Å². The molecule has 16 heteroatoms. The highest BCUT2D eigenvalue weighted by atomic mass is 35.5. The Morgan fingerprint density at radius 2 is 1.97 bits per heavy atom. The minimum absolute atomic E-state index is 0.110. The summed E-state index contributed by atoms with van der Waals surface area (Å²) in [5, 5.41) is 13.1. The van der Waals surface area contributed by atoms with Crippen molar-refractivity contribution in [1.29, 1.82) is 0 Å². The highest BCUT2D eigenvalue weighted by Gasteiger charge is 2.32. The van der Waals surface area contributed by atoms with E-state index in [2.05, 4.69) is 20.0 Å². The summed E-state index contributed by atoms with van der Waals surface area (Å²) in [6.45, 7) is 0.0630. The van der Waals surface area contributed by atoms with Crippen molar-refractivity contribution in [2.24, 2.45) is 0 Å². The summed E-state index contributed by atoms with van der Waals surface area (Å²) < 4.78 is 38.1. The first-order chi connectivity index (χ1) is 18.0. The number of nitrogens with zero attached hydrogens (tertiary/aromatic N) is 4. The van der Waals surface area contributed by atoms with Crippen LogP contribution in [0.5, 0.6) is 5.75 Å². The summed E-state index contributed by atoms with van der Waals surface area (Å²) in [5.41, 5.74) is 4.66. The van der Waals surface area contributed by atoms with Crippen LogP contribution in [0.15, 0.2) is 43.0 Å². The standard InChI is InChI=1S/C22H29ClFN6O6PS/c1-13(2)34-22(32)14(3)29-37(38,36-15-7-5-4-6-8-15)33-10-16(19(23)31)35-17(9-24)30-12-28-18-20(25)26-11-27-21(18)30/h4-8,11-14,16-17,19,31H,9-10H2,1-3H3,(H,29,38)(H2,25,26,27)/t14?,16-,17-,19-,37?/m1/s1. The minimum atomic E-state index is -3.46. The van der Waals surface area contributed by atoms with Crippen molar-refractivity contribution >= 4 is 53.0 Å². The second-order valence-corrected chi connectivity index (χ2v) is 11.9. The number of benzene rings is 1. The summed E-state index contributed by atoms with van der Waals surface area (Å²) in [6.07, 6.45) is -0.434. The van der Waals surface area contributed by atoms with Gasteiger partial charge < -0.3 is 29.4 Å². The number of esters is 1. The lowest BCUT2D eigenvalue weighted by atomic mass is 10.3. The summed E-state index contributed by atoms with van der Waals surface area (Å²) in [4.78, 5) is 24.4. The van der Waals surface area contributed by atoms with Crippen LogP contribution in [0.25, 0.3) is 11.2 Å². The second kappa shape index (κ2) is 13.6. The zero-order valence-electron chi connectivity index (χ0n) is 20.8. The van der Waals surface area contributed by atoms with Crippen molar-refractivity contribution in [3.8, 4) is 5.75 Å². The molecular formula is C22H29ClFN6O6PS. The summed E-state index contributed by atoms with van der Waals surface area (Å²) in [6, 6.07) is 7.67. The van der Waals surface area contributed by atoms with E-state index >= 15 is 0 Å². The Kier molecular flexibility index (Phi) is 10.7. The van der Waals surface area contributed by atoms with Crippen LogP contribution in [0.1, 0.15) is 27.0 Å². The Bertz CT molecular complexity index is 1260. The van der Waals surface area contributed by atoms with Gasteiger partial charge in [0.05, 0.1) is 19.0 Å². The Hall–Kier alpha value is -2.45. The van der Waals surface area contributed by atoms with Gasteiger partial charge in [-0.05, 0) is 44.7 Å². The van der Waals surface area contributed by atoms with Gasteiger partial charge in [0, 0.05) is 0 Å². The first-order valence-corrected chi connectivity index (χ1v) is 14.5. The molecule has 0 saturated heterocycles. The number of carbonyl (C=O) groups excluding carboxylic acids is 1. The number of hydrogen-bond acceptors (Lipinski definition) is 11. The van der Waals surface area contributed by atoms with Crippen LogP contribution >= 0.6 is 18.2 Å². The predicted octanol–water partition coefficient (Wildman–Crippen LogP) is 3.07. The second-order valence-electron chi connectivity index (χ2n) is 8.27. The SMILES string of the molecule is CC(C)OC(=O)C(C)NP(=S)(OC[C@@H](O[C@H](CF)n1cnc2c(N)ncnc21)[C@@H](O)Cl)Oc1ccccc1. The van der Waals surface area contributed by atoms with Gasteiger partial charge in [0.15, 0.2) is 23.3 Å². The van der Waals surface area contributed by atoms with Crippen LogP contribution in [0.4, 0.5) is 10.2 Å². The number of ether oxygens (including phenoxy) is 2. The van der Waals surface area contributed by atoms with Crippen LogP contribution in [-0.4, -0.2) is 67.7 Å². The van der Waals surface area contributed by atoms with Gasteiger partial charge in [0.25, 0.3) is 0 Å². The number of nitrogens with two attached hydrogens (primary N) is 1. The molecule has 0 fully saturated rings. The van der Waals surface area contributed by atoms with Crippen molar-refractivity contribution in [2.45, 2.75) is 50.8 Å². The van der Waals surface area contributed by atoms with Crippen molar-refractivity contribution in [1.82, 2.24) is 24.6 Å². The topological polar surface area (TPSA) is 156 Å². The van der Waals surface area contributed by atoms with Crippen LogP contribution in [0, 0.1) is 0 Å². The van der Waals surface area contributed by atoms with Gasteiger partial charge in [-0.3, -0.25) is 9.36 Å². The minimum Gasteiger partial charge on any atom is -0.462 e. The number of alkyl halides is 2. The lowest BCUT2D eigenvalue weighted by molar-refractivity contribution is -0.149. The monoisotopic (exact) mass is 590 g/mol. The number of nitrogens with one attached hydrogen (secondary N) is 1. The number of fused-ring (bicyclic) bond motifs is 1. The quantitative estimate of drug-likeness (QED) is 0.143. The number of para-hydroxylation sites is 1. The first kappa shape index (κ1) is 30.1. The third-order valence-electron chi connectivity index (χ3n) is 4.90. The fourth-order valence-electron chi connectivity index (χ4n) is 3.15. The van der Waals surface area contributed by atoms with Crippen LogP contribution < -0.4 is 15.3 Å². The molecule has 0 radical (unpaired) electrons. The number of rotatable bonds is 14. The molecule has 12 nitrogen and oxygen atoms in total. The molecule has 5 atom stereocenters. The maximum Gasteiger partial charge on any atom is 0.323 e. The number of carbonyl (C=O) groups is 1. The smallest absolute Gasteiger partial charge is 0.323 e. The van der Waals surface area contributed by atoms with Gasteiger partial charge in [0.1, 0.15) is 36.4 Å². The molecule has 0 spiro atoms. The molecule has 0 aliphatic rings. The van der Waals surface area contributed by atoms with Crippen LogP contribution in [-0.2, 0) is 30.6 Å². The molecule has 4 N–H and O–H groups in total. The Balaban J connectivity index is 1.79. The number of hydrogen-bond donors (Lipinski definition) is 3. The van der Waals surface area contributed by atoms with Crippen molar-refractivity contribution in [2.75, 3.05) is 19.0 Å². The zero-order valence-corrected chi connectivity index (χ0v) is 23.3. The molecule has 0 saturated carbocycles. The number of nitrogen functional groups attached to an aromatic ring is 1. The van der Waals surface area contributed by atoms with E-state index in [1.54, 1.807) is 51.1 Å². The molecule has 0 aliphatic heterocycles. The van der Waals surface area contributed by atoms with Crippen molar-refractivity contribution < 1.29 is 32.8 Å². The fourth-order valence-corrected chi connectivity index (χ4v) is 5.70. The Morgan fingerprint density at radius 1 is 1.26 bits per heavy atom. The summed E-state index contributed by atoms with van der Waals surface area (Å²) in [7, 11) is 0. The van der Waals surface area contributed by atoms with Gasteiger partial charge in [-0.15, -0.1) is 0 Å². The maximum absolute atomic E-state index is 14.1. The molecule has 3 rings (SSSR count). The summed E-state index contributed by atoms with van der Waals surface area (Å²) >= 11 is 11.6.